The van der Waals surface area contributed by atoms with Crippen LogP contribution in [0, 0.1) is 0 Å². The van der Waals surface area contributed by atoms with Crippen molar-refractivity contribution in [2.24, 2.45) is 4.99 Å². The Bertz CT molecular complexity index is 862. The molecule has 0 aromatic heterocycles. The molecular formula is C22H26Cl2N4O. The summed E-state index contributed by atoms with van der Waals surface area (Å²) in [6.07, 6.45) is 3.41. The highest BCUT2D eigenvalue weighted by molar-refractivity contribution is 6.35. The van der Waals surface area contributed by atoms with Gasteiger partial charge in [-0.05, 0) is 54.7 Å². The number of guanidine groups is 1. The summed E-state index contributed by atoms with van der Waals surface area (Å²) in [7, 11) is 1.72. The molecule has 2 aromatic carbocycles. The Kier molecular flexibility index (Phi) is 7.78. The third-order valence-corrected chi connectivity index (χ3v) is 5.58. The second-order valence-electron chi connectivity index (χ2n) is 7.06. The smallest absolute Gasteiger partial charge is 0.253 e. The molecule has 0 radical (unpaired) electrons. The number of carbonyl (C=O) groups excluding carboxylic acids is 1. The van der Waals surface area contributed by atoms with Crippen LogP contribution in [0.4, 0.5) is 0 Å². The van der Waals surface area contributed by atoms with Gasteiger partial charge >= 0.3 is 0 Å². The molecule has 1 fully saturated rings. The van der Waals surface area contributed by atoms with Gasteiger partial charge in [0.25, 0.3) is 5.91 Å². The van der Waals surface area contributed by atoms with Crippen LogP contribution in [0.5, 0.6) is 0 Å². The average molecular weight is 433 g/mol. The van der Waals surface area contributed by atoms with Gasteiger partial charge in [-0.25, -0.2) is 0 Å². The monoisotopic (exact) mass is 432 g/mol. The third-order valence-electron chi connectivity index (χ3n) is 4.99. The van der Waals surface area contributed by atoms with Gasteiger partial charge in [0.15, 0.2) is 5.96 Å². The van der Waals surface area contributed by atoms with E-state index in [0.29, 0.717) is 29.1 Å². The molecule has 1 heterocycles. The molecule has 7 heteroatoms. The third kappa shape index (κ3) is 6.12. The van der Waals surface area contributed by atoms with Gasteiger partial charge in [0, 0.05) is 48.8 Å². The fraction of sp³-hybridized carbons (Fsp3) is 0.364. The summed E-state index contributed by atoms with van der Waals surface area (Å²) in [6, 6.07) is 13.2. The molecule has 1 amide bonds. The fourth-order valence-electron chi connectivity index (χ4n) is 3.30. The Balaban J connectivity index is 1.51. The van der Waals surface area contributed by atoms with Gasteiger partial charge < -0.3 is 15.5 Å². The molecule has 5 nitrogen and oxygen atoms in total. The number of amides is 1. The second kappa shape index (κ2) is 10.5. The van der Waals surface area contributed by atoms with Gasteiger partial charge in [-0.3, -0.25) is 9.79 Å². The normalized spacial score (nSPS) is 14.6. The molecule has 1 aliphatic rings. The first-order chi connectivity index (χ1) is 14.1. The summed E-state index contributed by atoms with van der Waals surface area (Å²) in [5.74, 6) is 0.797. The van der Waals surface area contributed by atoms with Crippen molar-refractivity contribution in [3.8, 4) is 0 Å². The van der Waals surface area contributed by atoms with Crippen LogP contribution in [0.2, 0.25) is 10.0 Å². The minimum absolute atomic E-state index is 0.126. The maximum Gasteiger partial charge on any atom is 0.253 e. The Morgan fingerprint density at radius 2 is 1.69 bits per heavy atom. The Morgan fingerprint density at radius 1 is 1.00 bits per heavy atom. The van der Waals surface area contributed by atoms with Crippen molar-refractivity contribution >= 4 is 35.1 Å². The molecule has 154 valence electrons. The zero-order valence-electron chi connectivity index (χ0n) is 16.5. The predicted molar refractivity (Wildman–Crippen MR) is 120 cm³/mol. The van der Waals surface area contributed by atoms with Crippen LogP contribution in [0.15, 0.2) is 47.5 Å². The Hall–Kier alpha value is -2.24. The van der Waals surface area contributed by atoms with Crippen LogP contribution in [0.25, 0.3) is 0 Å². The van der Waals surface area contributed by atoms with Crippen LogP contribution in [0.3, 0.4) is 0 Å². The zero-order chi connectivity index (χ0) is 20.6. The molecule has 2 N–H and O–H groups in total. The largest absolute Gasteiger partial charge is 0.352 e. The van der Waals surface area contributed by atoms with E-state index < -0.39 is 0 Å². The van der Waals surface area contributed by atoms with Crippen LogP contribution in [0.1, 0.15) is 40.7 Å². The number of nitrogens with one attached hydrogen (secondary N) is 2. The molecule has 0 unspecified atom stereocenters. The molecule has 3 rings (SSSR count). The highest BCUT2D eigenvalue weighted by Crippen LogP contribution is 2.20. The quantitative estimate of drug-likeness (QED) is 0.540. The van der Waals surface area contributed by atoms with Gasteiger partial charge in [-0.1, -0.05) is 41.4 Å². The topological polar surface area (TPSA) is 56.7 Å². The van der Waals surface area contributed by atoms with Crippen molar-refractivity contribution in [3.63, 3.8) is 0 Å². The molecule has 0 atom stereocenters. The predicted octanol–water partition coefficient (Wildman–Crippen LogP) is 4.48. The molecule has 0 aliphatic carbocycles. The number of likely N-dealkylation sites (tertiary alicyclic amines) is 1. The lowest BCUT2D eigenvalue weighted by atomic mass is 10.1. The highest BCUT2D eigenvalue weighted by atomic mass is 35.5. The number of nitrogens with zero attached hydrogens (tertiary/aromatic N) is 2. The van der Waals surface area contributed by atoms with E-state index >= 15 is 0 Å². The number of aliphatic imine (C=N–C) groups is 1. The molecule has 0 saturated carbocycles. The van der Waals surface area contributed by atoms with Crippen molar-refractivity contribution in [2.75, 3.05) is 20.1 Å². The van der Waals surface area contributed by atoms with Gasteiger partial charge in [0.2, 0.25) is 0 Å². The first kappa shape index (κ1) is 21.5. The van der Waals surface area contributed by atoms with Crippen molar-refractivity contribution in [1.82, 2.24) is 15.5 Å². The molecule has 0 bridgehead atoms. The molecule has 2 aromatic rings. The maximum absolute atomic E-state index is 12.6. The maximum atomic E-state index is 12.6. The van der Waals surface area contributed by atoms with Crippen molar-refractivity contribution in [2.45, 2.75) is 32.4 Å². The molecule has 1 aliphatic heterocycles. The summed E-state index contributed by atoms with van der Waals surface area (Å²) in [4.78, 5) is 18.7. The van der Waals surface area contributed by atoms with Crippen LogP contribution in [-0.2, 0) is 13.1 Å². The number of hydrogen-bond donors (Lipinski definition) is 2. The summed E-state index contributed by atoms with van der Waals surface area (Å²) in [5, 5.41) is 7.75. The van der Waals surface area contributed by atoms with E-state index in [1.165, 1.54) is 6.42 Å². The summed E-state index contributed by atoms with van der Waals surface area (Å²) in [5.41, 5.74) is 2.77. The summed E-state index contributed by atoms with van der Waals surface area (Å²) >= 11 is 12.1. The number of benzene rings is 2. The van der Waals surface area contributed by atoms with Crippen LogP contribution >= 0.6 is 23.2 Å². The van der Waals surface area contributed by atoms with Crippen molar-refractivity contribution < 1.29 is 4.79 Å². The minimum Gasteiger partial charge on any atom is -0.352 e. The standard InChI is InChI=1S/C22H26Cl2N4O/c1-25-22(27-15-18-9-10-19(23)13-20(18)24)26-14-16-5-7-17(8-6-16)21(29)28-11-3-2-4-12-28/h5-10,13H,2-4,11-12,14-15H2,1H3,(H2,25,26,27). The highest BCUT2D eigenvalue weighted by Gasteiger charge is 2.17. The number of hydrogen-bond acceptors (Lipinski definition) is 2. The van der Waals surface area contributed by atoms with Gasteiger partial charge in [0.1, 0.15) is 0 Å². The van der Waals surface area contributed by atoms with Crippen molar-refractivity contribution in [1.29, 1.82) is 0 Å². The lowest BCUT2D eigenvalue weighted by Crippen LogP contribution is -2.36. The SMILES string of the molecule is CN=C(NCc1ccc(C(=O)N2CCCCC2)cc1)NCc1ccc(Cl)cc1Cl. The molecular weight excluding hydrogens is 407 g/mol. The van der Waals surface area contributed by atoms with E-state index in [-0.39, 0.29) is 5.91 Å². The van der Waals surface area contributed by atoms with Gasteiger partial charge in [0.05, 0.1) is 0 Å². The minimum atomic E-state index is 0.126. The lowest BCUT2D eigenvalue weighted by Gasteiger charge is -2.26. The number of rotatable bonds is 5. The van der Waals surface area contributed by atoms with E-state index in [9.17, 15) is 4.79 Å². The molecule has 29 heavy (non-hydrogen) atoms. The molecule has 0 spiro atoms. The summed E-state index contributed by atoms with van der Waals surface area (Å²) in [6.45, 7) is 2.87. The zero-order valence-corrected chi connectivity index (χ0v) is 18.1. The van der Waals surface area contributed by atoms with E-state index in [1.54, 1.807) is 13.1 Å². The van der Waals surface area contributed by atoms with E-state index in [1.807, 2.05) is 41.3 Å². The Labute approximate surface area is 182 Å². The number of piperidine rings is 1. The second-order valence-corrected chi connectivity index (χ2v) is 7.91. The van der Waals surface area contributed by atoms with E-state index in [2.05, 4.69) is 15.6 Å². The fourth-order valence-corrected chi connectivity index (χ4v) is 3.77. The van der Waals surface area contributed by atoms with E-state index in [4.69, 9.17) is 23.2 Å². The first-order valence-corrected chi connectivity index (χ1v) is 10.6. The number of carbonyl (C=O) groups is 1. The van der Waals surface area contributed by atoms with E-state index in [0.717, 1.165) is 42.6 Å². The van der Waals surface area contributed by atoms with Gasteiger partial charge in [-0.15, -0.1) is 0 Å². The average Bonchev–Trinajstić information content (AvgIpc) is 2.75. The van der Waals surface area contributed by atoms with Crippen LogP contribution in [-0.4, -0.2) is 36.9 Å². The van der Waals surface area contributed by atoms with Crippen molar-refractivity contribution in [3.05, 3.63) is 69.2 Å². The lowest BCUT2D eigenvalue weighted by molar-refractivity contribution is 0.0724. The van der Waals surface area contributed by atoms with Crippen LogP contribution < -0.4 is 10.6 Å². The first-order valence-electron chi connectivity index (χ1n) is 9.83. The molecule has 1 saturated heterocycles. The number of halogens is 2. The summed E-state index contributed by atoms with van der Waals surface area (Å²) < 4.78 is 0. The Morgan fingerprint density at radius 3 is 2.34 bits per heavy atom. The van der Waals surface area contributed by atoms with Gasteiger partial charge in [-0.2, -0.15) is 0 Å².